The number of halogens is 1. The zero-order valence-corrected chi connectivity index (χ0v) is 23.8. The van der Waals surface area contributed by atoms with Crippen LogP contribution in [0.2, 0.25) is 5.02 Å². The molecule has 2 amide bonds. The van der Waals surface area contributed by atoms with Crippen LogP contribution < -0.4 is 0 Å². The van der Waals surface area contributed by atoms with E-state index in [1.165, 1.54) is 17.0 Å². The standard InChI is InChI=1S/C27H33ClN4O7S/c1-19(26(34)31-9-2-3-23(31)17-29-11-13-38-14-12-29)30-10-8-25(27(30)35)32(39-18-33)40(36,37)24-7-5-20-15-22(28)6-4-21(20)16-24/h4-7,15-16,18-19,23,25H,2-3,8-14,17H2,1H3/t19-,23?,25-/m0/s1. The maximum atomic E-state index is 13.6. The molecule has 11 nitrogen and oxygen atoms in total. The third-order valence-electron chi connectivity index (χ3n) is 7.98. The van der Waals surface area contributed by atoms with Gasteiger partial charge >= 0.3 is 6.47 Å². The lowest BCUT2D eigenvalue weighted by Crippen LogP contribution is -2.53. The van der Waals surface area contributed by atoms with E-state index in [0.29, 0.717) is 34.6 Å². The normalized spacial score (nSPS) is 23.2. The lowest BCUT2D eigenvalue weighted by atomic mass is 10.1. The molecule has 3 heterocycles. The molecule has 3 aliphatic rings. The van der Waals surface area contributed by atoms with Crippen LogP contribution in [0.15, 0.2) is 41.3 Å². The summed E-state index contributed by atoms with van der Waals surface area (Å²) in [6.07, 6.45) is 1.86. The highest BCUT2D eigenvalue weighted by atomic mass is 35.5. The van der Waals surface area contributed by atoms with Gasteiger partial charge in [0, 0.05) is 43.8 Å². The van der Waals surface area contributed by atoms with Crippen molar-refractivity contribution in [3.8, 4) is 0 Å². The van der Waals surface area contributed by atoms with Crippen molar-refractivity contribution in [2.45, 2.75) is 49.2 Å². The zero-order valence-electron chi connectivity index (χ0n) is 22.3. The van der Waals surface area contributed by atoms with Gasteiger partial charge in [0.05, 0.1) is 18.1 Å². The summed E-state index contributed by atoms with van der Waals surface area (Å²) < 4.78 is 33.0. The molecule has 2 aromatic rings. The van der Waals surface area contributed by atoms with Gasteiger partial charge in [-0.05, 0) is 65.7 Å². The first-order valence-electron chi connectivity index (χ1n) is 13.5. The maximum absolute atomic E-state index is 13.6. The van der Waals surface area contributed by atoms with E-state index in [0.717, 1.165) is 37.9 Å². The van der Waals surface area contributed by atoms with Crippen LogP contribution in [-0.4, -0.2) is 110 Å². The van der Waals surface area contributed by atoms with Crippen LogP contribution in [0.3, 0.4) is 0 Å². The first-order valence-corrected chi connectivity index (χ1v) is 15.3. The molecule has 216 valence electrons. The SMILES string of the molecule is C[C@@H](C(=O)N1CCCC1CN1CCOCC1)N1CC[C@H](N(OC=O)S(=O)(=O)c2ccc3cc(Cl)ccc3c2)C1=O. The van der Waals surface area contributed by atoms with E-state index in [1.807, 2.05) is 4.90 Å². The molecule has 0 spiro atoms. The van der Waals surface area contributed by atoms with Gasteiger partial charge < -0.3 is 19.4 Å². The van der Waals surface area contributed by atoms with E-state index < -0.39 is 28.0 Å². The number of ether oxygens (including phenoxy) is 1. The quantitative estimate of drug-likeness (QED) is 0.320. The van der Waals surface area contributed by atoms with Gasteiger partial charge in [-0.15, -0.1) is 0 Å². The number of carbonyl (C=O) groups excluding carboxylic acids is 3. The molecule has 0 radical (unpaired) electrons. The van der Waals surface area contributed by atoms with E-state index in [9.17, 15) is 22.8 Å². The predicted molar refractivity (Wildman–Crippen MR) is 147 cm³/mol. The number of fused-ring (bicyclic) bond motifs is 1. The van der Waals surface area contributed by atoms with Crippen molar-refractivity contribution < 1.29 is 32.4 Å². The summed E-state index contributed by atoms with van der Waals surface area (Å²) >= 11 is 6.04. The molecule has 3 atom stereocenters. The Morgan fingerprint density at radius 3 is 2.60 bits per heavy atom. The van der Waals surface area contributed by atoms with Crippen molar-refractivity contribution in [2.24, 2.45) is 0 Å². The Morgan fingerprint density at radius 1 is 1.12 bits per heavy atom. The van der Waals surface area contributed by atoms with Gasteiger partial charge in [0.15, 0.2) is 0 Å². The summed E-state index contributed by atoms with van der Waals surface area (Å²) in [4.78, 5) is 48.8. The van der Waals surface area contributed by atoms with Crippen LogP contribution in [0, 0.1) is 0 Å². The highest BCUT2D eigenvalue weighted by Gasteiger charge is 2.47. The number of rotatable bonds is 9. The third-order valence-corrected chi connectivity index (χ3v) is 9.88. The van der Waals surface area contributed by atoms with Crippen molar-refractivity contribution in [3.05, 3.63) is 41.4 Å². The fourth-order valence-corrected chi connectivity index (χ4v) is 7.42. The first kappa shape index (κ1) is 28.7. The Morgan fingerprint density at radius 2 is 1.85 bits per heavy atom. The summed E-state index contributed by atoms with van der Waals surface area (Å²) in [7, 11) is -4.40. The fraction of sp³-hybridized carbons (Fsp3) is 0.519. The molecule has 1 unspecified atom stereocenters. The van der Waals surface area contributed by atoms with Crippen LogP contribution in [0.5, 0.6) is 0 Å². The van der Waals surface area contributed by atoms with Gasteiger partial charge in [-0.3, -0.25) is 19.3 Å². The molecule has 0 aliphatic carbocycles. The lowest BCUT2D eigenvalue weighted by Gasteiger charge is -2.35. The van der Waals surface area contributed by atoms with E-state index in [-0.39, 0.29) is 36.3 Å². The van der Waals surface area contributed by atoms with E-state index >= 15 is 0 Å². The molecule has 2 aromatic carbocycles. The number of hydrogen-bond acceptors (Lipinski definition) is 8. The molecule has 0 aromatic heterocycles. The first-order chi connectivity index (χ1) is 19.2. The van der Waals surface area contributed by atoms with Gasteiger partial charge in [-0.25, -0.2) is 8.42 Å². The lowest BCUT2D eigenvalue weighted by molar-refractivity contribution is -0.163. The number of hydroxylamine groups is 1. The molecule has 3 aliphatic heterocycles. The molecule has 3 saturated heterocycles. The molecule has 0 N–H and O–H groups in total. The summed E-state index contributed by atoms with van der Waals surface area (Å²) in [5.74, 6) is -0.744. The van der Waals surface area contributed by atoms with Crippen LogP contribution in [0.4, 0.5) is 0 Å². The largest absolute Gasteiger partial charge is 0.379 e. The topological polar surface area (TPSA) is 117 Å². The molecular formula is C27H33ClN4O7S. The van der Waals surface area contributed by atoms with Gasteiger partial charge in [0.1, 0.15) is 12.1 Å². The second kappa shape index (κ2) is 12.0. The summed E-state index contributed by atoms with van der Waals surface area (Å²) in [6, 6.07) is 7.43. The van der Waals surface area contributed by atoms with Gasteiger partial charge in [0.2, 0.25) is 11.8 Å². The van der Waals surface area contributed by atoms with Gasteiger partial charge in [-0.2, -0.15) is 0 Å². The van der Waals surface area contributed by atoms with Crippen molar-refractivity contribution in [2.75, 3.05) is 45.9 Å². The number of morpholine rings is 1. The number of amides is 2. The molecule has 40 heavy (non-hydrogen) atoms. The van der Waals surface area contributed by atoms with E-state index in [4.69, 9.17) is 21.2 Å². The van der Waals surface area contributed by atoms with E-state index in [2.05, 4.69) is 4.90 Å². The number of nitrogens with zero attached hydrogens (tertiary/aromatic N) is 4. The number of hydrogen-bond donors (Lipinski definition) is 0. The van der Waals surface area contributed by atoms with Crippen LogP contribution >= 0.6 is 11.6 Å². The molecule has 0 saturated carbocycles. The fourth-order valence-electron chi connectivity index (χ4n) is 5.84. The van der Waals surface area contributed by atoms with Crippen molar-refractivity contribution in [3.63, 3.8) is 0 Å². The van der Waals surface area contributed by atoms with Crippen molar-refractivity contribution in [1.29, 1.82) is 0 Å². The Bertz CT molecular complexity index is 1380. The highest BCUT2D eigenvalue weighted by molar-refractivity contribution is 7.89. The Labute approximate surface area is 238 Å². The Balaban J connectivity index is 1.31. The number of carbonyl (C=O) groups is 3. The molecule has 5 rings (SSSR count). The van der Waals surface area contributed by atoms with E-state index in [1.54, 1.807) is 31.2 Å². The third kappa shape index (κ3) is 5.68. The van der Waals surface area contributed by atoms with Gasteiger partial charge in [0.25, 0.3) is 10.0 Å². The summed E-state index contributed by atoms with van der Waals surface area (Å²) in [6.45, 7) is 6.19. The van der Waals surface area contributed by atoms with Crippen molar-refractivity contribution >= 4 is 50.7 Å². The summed E-state index contributed by atoms with van der Waals surface area (Å²) in [5.41, 5.74) is 0. The average molecular weight is 593 g/mol. The second-order valence-corrected chi connectivity index (χ2v) is 12.6. The summed E-state index contributed by atoms with van der Waals surface area (Å²) in [5, 5.41) is 1.86. The van der Waals surface area contributed by atoms with Crippen LogP contribution in [0.25, 0.3) is 10.8 Å². The van der Waals surface area contributed by atoms with Crippen LogP contribution in [-0.2, 0) is 34.0 Å². The minimum Gasteiger partial charge on any atom is -0.379 e. The smallest absolute Gasteiger partial charge is 0.314 e. The minimum absolute atomic E-state index is 0.0106. The molecular weight excluding hydrogens is 560 g/mol. The minimum atomic E-state index is -4.40. The zero-order chi connectivity index (χ0) is 28.4. The van der Waals surface area contributed by atoms with Crippen molar-refractivity contribution in [1.82, 2.24) is 19.2 Å². The van der Waals surface area contributed by atoms with Gasteiger partial charge in [-0.1, -0.05) is 23.7 Å². The monoisotopic (exact) mass is 592 g/mol. The van der Waals surface area contributed by atoms with Crippen LogP contribution in [0.1, 0.15) is 26.2 Å². The Kier molecular flexibility index (Phi) is 8.62. The molecule has 13 heteroatoms. The molecule has 0 bridgehead atoms. The Hall–Kier alpha value is -2.77. The average Bonchev–Trinajstić information content (AvgIpc) is 3.57. The predicted octanol–water partition coefficient (Wildman–Crippen LogP) is 1.88. The number of benzene rings is 2. The highest BCUT2D eigenvalue weighted by Crippen LogP contribution is 2.30. The number of likely N-dealkylation sites (tertiary alicyclic amines) is 2. The second-order valence-electron chi connectivity index (χ2n) is 10.4. The number of sulfonamides is 1. The molecule has 3 fully saturated rings. The maximum Gasteiger partial charge on any atom is 0.314 e.